The highest BCUT2D eigenvalue weighted by Crippen LogP contribution is 2.24. The number of benzene rings is 2. The van der Waals surface area contributed by atoms with Crippen LogP contribution in [0.25, 0.3) is 0 Å². The van der Waals surface area contributed by atoms with E-state index in [0.29, 0.717) is 12.3 Å². The molecule has 3 rings (SSSR count). The maximum absolute atomic E-state index is 12.4. The van der Waals surface area contributed by atoms with E-state index >= 15 is 0 Å². The summed E-state index contributed by atoms with van der Waals surface area (Å²) in [6.07, 6.45) is 0.947. The zero-order valence-corrected chi connectivity index (χ0v) is 14.7. The first-order valence-corrected chi connectivity index (χ1v) is 8.59. The SMILES string of the molecule is Cc1cccc(CCNC(=O)C2=NN(c3ccccc3)C(C(N)=O)C2)c1. The molecule has 6 nitrogen and oxygen atoms in total. The molecule has 0 saturated heterocycles. The summed E-state index contributed by atoms with van der Waals surface area (Å²) in [4.78, 5) is 24.2. The number of nitrogens with two attached hydrogens (primary N) is 1. The van der Waals surface area contributed by atoms with Gasteiger partial charge in [0, 0.05) is 13.0 Å². The van der Waals surface area contributed by atoms with Crippen LogP contribution < -0.4 is 16.1 Å². The Kier molecular flexibility index (Phi) is 5.31. The molecule has 0 saturated carbocycles. The van der Waals surface area contributed by atoms with Gasteiger partial charge < -0.3 is 11.1 Å². The fourth-order valence-electron chi connectivity index (χ4n) is 2.98. The fourth-order valence-corrected chi connectivity index (χ4v) is 2.98. The van der Waals surface area contributed by atoms with Gasteiger partial charge in [0.15, 0.2) is 0 Å². The minimum Gasteiger partial charge on any atom is -0.368 e. The highest BCUT2D eigenvalue weighted by Gasteiger charge is 2.34. The summed E-state index contributed by atoms with van der Waals surface area (Å²) in [5.74, 6) is -0.762. The number of hydrogen-bond donors (Lipinski definition) is 2. The highest BCUT2D eigenvalue weighted by molar-refractivity contribution is 6.40. The first-order chi connectivity index (χ1) is 12.5. The van der Waals surface area contributed by atoms with Crippen molar-refractivity contribution >= 4 is 23.2 Å². The van der Waals surface area contributed by atoms with E-state index in [-0.39, 0.29) is 12.3 Å². The number of para-hydroxylation sites is 1. The monoisotopic (exact) mass is 350 g/mol. The molecule has 6 heteroatoms. The van der Waals surface area contributed by atoms with Gasteiger partial charge in [-0.05, 0) is 31.0 Å². The van der Waals surface area contributed by atoms with E-state index in [9.17, 15) is 9.59 Å². The summed E-state index contributed by atoms with van der Waals surface area (Å²) in [6.45, 7) is 2.55. The molecule has 1 aliphatic rings. The Labute approximate surface area is 152 Å². The van der Waals surface area contributed by atoms with Crippen molar-refractivity contribution in [1.82, 2.24) is 5.32 Å². The van der Waals surface area contributed by atoms with Crippen molar-refractivity contribution in [3.05, 3.63) is 65.7 Å². The van der Waals surface area contributed by atoms with Crippen LogP contribution in [-0.2, 0) is 16.0 Å². The van der Waals surface area contributed by atoms with E-state index in [4.69, 9.17) is 5.73 Å². The van der Waals surface area contributed by atoms with Crippen molar-refractivity contribution in [1.29, 1.82) is 0 Å². The van der Waals surface area contributed by atoms with Gasteiger partial charge in [0.2, 0.25) is 5.91 Å². The topological polar surface area (TPSA) is 87.8 Å². The molecule has 0 aliphatic carbocycles. The number of hydrogen-bond acceptors (Lipinski definition) is 4. The highest BCUT2D eigenvalue weighted by atomic mass is 16.2. The largest absolute Gasteiger partial charge is 0.368 e. The molecule has 3 N–H and O–H groups in total. The molecule has 134 valence electrons. The van der Waals surface area contributed by atoms with Crippen LogP contribution in [0, 0.1) is 6.92 Å². The van der Waals surface area contributed by atoms with Crippen LogP contribution in [0.1, 0.15) is 17.5 Å². The van der Waals surface area contributed by atoms with Crippen molar-refractivity contribution < 1.29 is 9.59 Å². The van der Waals surface area contributed by atoms with Gasteiger partial charge in [0.05, 0.1) is 5.69 Å². The Morgan fingerprint density at radius 2 is 1.96 bits per heavy atom. The van der Waals surface area contributed by atoms with Gasteiger partial charge in [-0.25, -0.2) is 0 Å². The second-order valence-electron chi connectivity index (χ2n) is 6.34. The van der Waals surface area contributed by atoms with E-state index in [1.54, 1.807) is 0 Å². The lowest BCUT2D eigenvalue weighted by Gasteiger charge is -2.20. The van der Waals surface area contributed by atoms with Crippen LogP contribution in [0.3, 0.4) is 0 Å². The Morgan fingerprint density at radius 1 is 1.19 bits per heavy atom. The van der Waals surface area contributed by atoms with E-state index in [2.05, 4.69) is 16.5 Å². The molecule has 2 aromatic rings. The number of nitrogens with one attached hydrogen (secondary N) is 1. The quantitative estimate of drug-likeness (QED) is 0.832. The normalized spacial score (nSPS) is 16.3. The number of amides is 2. The molecule has 26 heavy (non-hydrogen) atoms. The first kappa shape index (κ1) is 17.7. The number of primary amides is 1. The van der Waals surface area contributed by atoms with Gasteiger partial charge in [-0.2, -0.15) is 5.10 Å². The van der Waals surface area contributed by atoms with Crippen LogP contribution in [0.4, 0.5) is 5.69 Å². The minimum atomic E-state index is -0.644. The molecule has 0 bridgehead atoms. The smallest absolute Gasteiger partial charge is 0.267 e. The third kappa shape index (κ3) is 4.08. The number of nitrogens with zero attached hydrogens (tertiary/aromatic N) is 2. The number of aryl methyl sites for hydroxylation is 1. The summed E-state index contributed by atoms with van der Waals surface area (Å²) < 4.78 is 0. The maximum Gasteiger partial charge on any atom is 0.267 e. The predicted molar refractivity (Wildman–Crippen MR) is 102 cm³/mol. The fraction of sp³-hybridized carbons (Fsp3) is 0.250. The van der Waals surface area contributed by atoms with Crippen LogP contribution in [0.2, 0.25) is 0 Å². The molecule has 2 amide bonds. The van der Waals surface area contributed by atoms with Gasteiger partial charge in [0.25, 0.3) is 5.91 Å². The number of carbonyl (C=O) groups excluding carboxylic acids is 2. The van der Waals surface area contributed by atoms with Gasteiger partial charge in [-0.3, -0.25) is 14.6 Å². The summed E-state index contributed by atoms with van der Waals surface area (Å²) in [5, 5.41) is 8.74. The summed E-state index contributed by atoms with van der Waals surface area (Å²) in [7, 11) is 0. The molecule has 0 aromatic heterocycles. The second kappa shape index (κ2) is 7.82. The van der Waals surface area contributed by atoms with Crippen LogP contribution in [0.5, 0.6) is 0 Å². The summed E-state index contributed by atoms with van der Waals surface area (Å²) in [6, 6.07) is 16.8. The zero-order chi connectivity index (χ0) is 18.5. The standard InChI is InChI=1S/C20H22N4O2/c1-14-6-5-7-15(12-14)10-11-22-20(26)17-13-18(19(21)25)24(23-17)16-8-3-2-4-9-16/h2-9,12,18H,10-11,13H2,1H3,(H2,21,25)(H,22,26). The molecule has 1 aliphatic heterocycles. The lowest BCUT2D eigenvalue weighted by molar-refractivity contribution is -0.119. The van der Waals surface area contributed by atoms with E-state index in [1.165, 1.54) is 16.1 Å². The molecule has 1 heterocycles. The number of anilines is 1. The molecular formula is C20H22N4O2. The van der Waals surface area contributed by atoms with Crippen LogP contribution in [0.15, 0.2) is 59.7 Å². The number of rotatable bonds is 6. The molecule has 1 unspecified atom stereocenters. The third-order valence-electron chi connectivity index (χ3n) is 4.30. The number of hydrazone groups is 1. The lowest BCUT2D eigenvalue weighted by Crippen LogP contribution is -2.40. The summed E-state index contributed by atoms with van der Waals surface area (Å²) >= 11 is 0. The van der Waals surface area contributed by atoms with Crippen LogP contribution >= 0.6 is 0 Å². The minimum absolute atomic E-state index is 0.209. The van der Waals surface area contributed by atoms with Crippen molar-refractivity contribution in [2.45, 2.75) is 25.8 Å². The van der Waals surface area contributed by atoms with Crippen molar-refractivity contribution in [2.75, 3.05) is 11.6 Å². The Balaban J connectivity index is 1.64. The van der Waals surface area contributed by atoms with E-state index < -0.39 is 11.9 Å². The van der Waals surface area contributed by atoms with Gasteiger partial charge in [-0.1, -0.05) is 48.0 Å². The number of carbonyl (C=O) groups is 2. The zero-order valence-electron chi connectivity index (χ0n) is 14.7. The Bertz CT molecular complexity index is 833. The van der Waals surface area contributed by atoms with Crippen molar-refractivity contribution in [2.24, 2.45) is 10.8 Å². The first-order valence-electron chi connectivity index (χ1n) is 8.59. The lowest BCUT2D eigenvalue weighted by atomic mass is 10.1. The van der Waals surface area contributed by atoms with Crippen molar-refractivity contribution in [3.8, 4) is 0 Å². The predicted octanol–water partition coefficient (Wildman–Crippen LogP) is 1.77. The Hall–Kier alpha value is -3.15. The second-order valence-corrected chi connectivity index (χ2v) is 6.34. The maximum atomic E-state index is 12.4. The average molecular weight is 350 g/mol. The Morgan fingerprint density at radius 3 is 2.65 bits per heavy atom. The average Bonchev–Trinajstić information content (AvgIpc) is 3.08. The molecule has 0 fully saturated rings. The van der Waals surface area contributed by atoms with Gasteiger partial charge in [0.1, 0.15) is 11.8 Å². The molecule has 1 atom stereocenters. The van der Waals surface area contributed by atoms with Gasteiger partial charge >= 0.3 is 0 Å². The third-order valence-corrected chi connectivity index (χ3v) is 4.30. The van der Waals surface area contributed by atoms with Gasteiger partial charge in [-0.15, -0.1) is 0 Å². The molecule has 0 radical (unpaired) electrons. The van der Waals surface area contributed by atoms with Crippen LogP contribution in [-0.4, -0.2) is 30.1 Å². The van der Waals surface area contributed by atoms with E-state index in [1.807, 2.05) is 55.5 Å². The summed E-state index contributed by atoms with van der Waals surface area (Å²) in [5.41, 5.74) is 8.91. The molecular weight excluding hydrogens is 328 g/mol. The molecule has 2 aromatic carbocycles. The van der Waals surface area contributed by atoms with E-state index in [0.717, 1.165) is 12.1 Å². The molecule has 0 spiro atoms. The van der Waals surface area contributed by atoms with Crippen molar-refractivity contribution in [3.63, 3.8) is 0 Å².